The molecule has 0 saturated heterocycles. The quantitative estimate of drug-likeness (QED) is 0.309. The molecule has 0 aliphatic carbocycles. The number of aromatic nitrogens is 2. The van der Waals surface area contributed by atoms with E-state index in [2.05, 4.69) is 9.97 Å². The van der Waals surface area contributed by atoms with Gasteiger partial charge in [0, 0.05) is 29.6 Å². The van der Waals surface area contributed by atoms with Crippen LogP contribution in [0, 0.1) is 5.82 Å². The van der Waals surface area contributed by atoms with Crippen LogP contribution in [0.4, 0.5) is 17.6 Å². The fourth-order valence-corrected chi connectivity index (χ4v) is 3.72. The zero-order valence-corrected chi connectivity index (χ0v) is 16.6. The number of carbonyl (C=O) groups excluding carboxylic acids is 1. The molecule has 0 fully saturated rings. The first-order valence-corrected chi connectivity index (χ1v) is 9.67. The molecule has 0 saturated carbocycles. The smallest absolute Gasteiger partial charge is 0.341 e. The van der Waals surface area contributed by atoms with Gasteiger partial charge in [0.05, 0.1) is 11.3 Å². The van der Waals surface area contributed by atoms with Crippen molar-refractivity contribution in [2.45, 2.75) is 17.7 Å². The second-order valence-electron chi connectivity index (χ2n) is 6.11. The Balaban J connectivity index is 1.78. The third kappa shape index (κ3) is 4.97. The van der Waals surface area contributed by atoms with E-state index in [1.54, 1.807) is 18.2 Å². The van der Waals surface area contributed by atoms with E-state index in [9.17, 15) is 22.4 Å². The van der Waals surface area contributed by atoms with Crippen LogP contribution >= 0.6 is 23.4 Å². The van der Waals surface area contributed by atoms with Crippen molar-refractivity contribution < 1.29 is 22.4 Å². The van der Waals surface area contributed by atoms with Crippen LogP contribution in [0.15, 0.2) is 47.5 Å². The molecule has 0 N–H and O–H groups in total. The summed E-state index contributed by atoms with van der Waals surface area (Å²) in [6.45, 7) is -0.0662. The number of hydrogen-bond acceptors (Lipinski definition) is 4. The second kappa shape index (κ2) is 8.54. The maximum Gasteiger partial charge on any atom is 0.451 e. The Hall–Kier alpha value is -2.39. The van der Waals surface area contributed by atoms with E-state index in [4.69, 9.17) is 11.6 Å². The first kappa shape index (κ1) is 21.3. The van der Waals surface area contributed by atoms with Gasteiger partial charge in [0.15, 0.2) is 0 Å². The van der Waals surface area contributed by atoms with Gasteiger partial charge in [0.25, 0.3) is 0 Å². The summed E-state index contributed by atoms with van der Waals surface area (Å²) in [5.41, 5.74) is 0.304. The van der Waals surface area contributed by atoms with Gasteiger partial charge in [0.2, 0.25) is 11.7 Å². The van der Waals surface area contributed by atoms with Crippen molar-refractivity contribution in [3.05, 3.63) is 64.7 Å². The fourth-order valence-electron chi connectivity index (χ4n) is 2.53. The zero-order valence-electron chi connectivity index (χ0n) is 15.0. The van der Waals surface area contributed by atoms with Crippen LogP contribution in [0.5, 0.6) is 0 Å². The van der Waals surface area contributed by atoms with Gasteiger partial charge in [-0.1, -0.05) is 47.6 Å². The molecule has 1 aromatic heterocycles. The molecule has 1 heterocycles. The Morgan fingerprint density at radius 1 is 1.14 bits per heavy atom. The van der Waals surface area contributed by atoms with Crippen molar-refractivity contribution >= 4 is 40.2 Å². The minimum atomic E-state index is -4.71. The Morgan fingerprint density at radius 2 is 1.86 bits per heavy atom. The van der Waals surface area contributed by atoms with E-state index < -0.39 is 23.7 Å². The zero-order chi connectivity index (χ0) is 21.2. The number of nitrogens with zero attached hydrogens (tertiary/aromatic N) is 3. The van der Waals surface area contributed by atoms with Crippen LogP contribution in [0.3, 0.4) is 0 Å². The van der Waals surface area contributed by atoms with Crippen LogP contribution in [0.25, 0.3) is 10.9 Å². The first-order valence-electron chi connectivity index (χ1n) is 8.30. The molecule has 3 rings (SSSR count). The van der Waals surface area contributed by atoms with Crippen molar-refractivity contribution in [2.24, 2.45) is 0 Å². The van der Waals surface area contributed by atoms with E-state index in [1.807, 2.05) is 0 Å². The lowest BCUT2D eigenvalue weighted by atomic mass is 10.2. The SMILES string of the molecule is CN(Cc1c(F)cccc1Cl)C(=O)CSc1nc(C(F)(F)F)nc2ccccc12. The number of benzene rings is 2. The van der Waals surface area contributed by atoms with Gasteiger partial charge in [-0.2, -0.15) is 13.2 Å². The largest absolute Gasteiger partial charge is 0.451 e. The Morgan fingerprint density at radius 3 is 2.55 bits per heavy atom. The predicted octanol–water partition coefficient (Wildman–Crippen LogP) is 5.19. The molecule has 2 aromatic carbocycles. The Labute approximate surface area is 172 Å². The van der Waals surface area contributed by atoms with E-state index in [0.717, 1.165) is 11.8 Å². The summed E-state index contributed by atoms with van der Waals surface area (Å²) in [4.78, 5) is 20.8. The lowest BCUT2D eigenvalue weighted by molar-refractivity contribution is -0.145. The third-order valence-corrected chi connectivity index (χ3v) is 5.37. The molecule has 152 valence electrons. The van der Waals surface area contributed by atoms with E-state index in [0.29, 0.717) is 5.39 Å². The fraction of sp³-hybridized carbons (Fsp3) is 0.211. The van der Waals surface area contributed by atoms with Gasteiger partial charge in [-0.3, -0.25) is 4.79 Å². The topological polar surface area (TPSA) is 46.1 Å². The number of para-hydroxylation sites is 1. The third-order valence-electron chi connectivity index (χ3n) is 4.04. The molecular weight excluding hydrogens is 430 g/mol. The van der Waals surface area contributed by atoms with Gasteiger partial charge < -0.3 is 4.90 Å². The molecular formula is C19H14ClF4N3OS. The van der Waals surface area contributed by atoms with Crippen LogP contribution < -0.4 is 0 Å². The van der Waals surface area contributed by atoms with Gasteiger partial charge >= 0.3 is 6.18 Å². The Kier molecular flexibility index (Phi) is 6.28. The maximum atomic E-state index is 13.9. The normalized spacial score (nSPS) is 11.7. The summed E-state index contributed by atoms with van der Waals surface area (Å²) in [7, 11) is 1.46. The summed E-state index contributed by atoms with van der Waals surface area (Å²) in [5, 5.41) is 0.653. The maximum absolute atomic E-state index is 13.9. The summed E-state index contributed by atoms with van der Waals surface area (Å²) in [6, 6.07) is 10.5. The van der Waals surface area contributed by atoms with Gasteiger partial charge in [0.1, 0.15) is 10.8 Å². The molecule has 0 spiro atoms. The van der Waals surface area contributed by atoms with Crippen LogP contribution in [-0.4, -0.2) is 33.6 Å². The highest BCUT2D eigenvalue weighted by molar-refractivity contribution is 8.00. The number of thioether (sulfide) groups is 1. The highest BCUT2D eigenvalue weighted by Gasteiger charge is 2.35. The number of fused-ring (bicyclic) bond motifs is 1. The molecule has 10 heteroatoms. The summed E-state index contributed by atoms with van der Waals surface area (Å²) in [6.07, 6.45) is -4.71. The monoisotopic (exact) mass is 443 g/mol. The molecule has 0 unspecified atom stereocenters. The van der Waals surface area contributed by atoms with Gasteiger partial charge in [-0.15, -0.1) is 0 Å². The molecule has 4 nitrogen and oxygen atoms in total. The van der Waals surface area contributed by atoms with E-state index in [1.165, 1.54) is 36.2 Å². The Bertz CT molecular complexity index is 1040. The molecule has 29 heavy (non-hydrogen) atoms. The average molecular weight is 444 g/mol. The molecule has 0 aliphatic rings. The highest BCUT2D eigenvalue weighted by Crippen LogP contribution is 2.32. The van der Waals surface area contributed by atoms with Crippen LogP contribution in [0.1, 0.15) is 11.4 Å². The molecule has 0 bridgehead atoms. The van der Waals surface area contributed by atoms with E-state index >= 15 is 0 Å². The molecule has 1 amide bonds. The number of hydrogen-bond donors (Lipinski definition) is 0. The summed E-state index contributed by atoms with van der Waals surface area (Å²) >= 11 is 6.84. The van der Waals surface area contributed by atoms with Crippen molar-refractivity contribution in [1.82, 2.24) is 14.9 Å². The standard InChI is InChI=1S/C19H14ClF4N3OS/c1-27(9-12-13(20)6-4-7-14(12)21)16(28)10-29-17-11-5-2-3-8-15(11)25-18(26-17)19(22,23)24/h2-8H,9-10H2,1H3. The first-order chi connectivity index (χ1) is 13.7. The van der Waals surface area contributed by atoms with Crippen molar-refractivity contribution in [3.8, 4) is 0 Å². The molecule has 0 aliphatic heterocycles. The number of rotatable bonds is 5. The lowest BCUT2D eigenvalue weighted by Gasteiger charge is -2.18. The lowest BCUT2D eigenvalue weighted by Crippen LogP contribution is -2.28. The number of carbonyl (C=O) groups is 1. The minimum absolute atomic E-state index is 0.0496. The average Bonchev–Trinajstić information content (AvgIpc) is 2.67. The second-order valence-corrected chi connectivity index (χ2v) is 7.48. The number of halogens is 5. The number of alkyl halides is 3. The van der Waals surface area contributed by atoms with Crippen molar-refractivity contribution in [3.63, 3.8) is 0 Å². The molecule has 0 radical (unpaired) electrons. The summed E-state index contributed by atoms with van der Waals surface area (Å²) < 4.78 is 53.2. The van der Waals surface area contributed by atoms with Crippen LogP contribution in [0.2, 0.25) is 5.02 Å². The number of amides is 1. The van der Waals surface area contributed by atoms with Gasteiger partial charge in [-0.05, 0) is 18.2 Å². The van der Waals surface area contributed by atoms with Crippen molar-refractivity contribution in [2.75, 3.05) is 12.8 Å². The summed E-state index contributed by atoms with van der Waals surface area (Å²) in [5.74, 6) is -2.40. The molecule has 0 atom stereocenters. The minimum Gasteiger partial charge on any atom is -0.341 e. The van der Waals surface area contributed by atoms with Crippen molar-refractivity contribution in [1.29, 1.82) is 0 Å². The van der Waals surface area contributed by atoms with Gasteiger partial charge in [-0.25, -0.2) is 14.4 Å². The molecule has 3 aromatic rings. The highest BCUT2D eigenvalue weighted by atomic mass is 35.5. The van der Waals surface area contributed by atoms with E-state index in [-0.39, 0.29) is 33.4 Å². The predicted molar refractivity (Wildman–Crippen MR) is 103 cm³/mol. The van der Waals surface area contributed by atoms with Crippen LogP contribution in [-0.2, 0) is 17.5 Å².